The molecule has 11 nitrogen and oxygen atoms in total. The second-order valence-corrected chi connectivity index (χ2v) is 7.06. The molecule has 1 saturated heterocycles. The van der Waals surface area contributed by atoms with Crippen LogP contribution >= 0.6 is 0 Å². The predicted molar refractivity (Wildman–Crippen MR) is 112 cm³/mol. The van der Waals surface area contributed by atoms with Crippen molar-refractivity contribution in [2.75, 3.05) is 51.6 Å². The summed E-state index contributed by atoms with van der Waals surface area (Å²) in [6.07, 6.45) is -6.62. The number of aliphatic hydroxyl groups excluding tert-OH is 4. The van der Waals surface area contributed by atoms with Crippen molar-refractivity contribution >= 4 is 11.6 Å². The highest BCUT2D eigenvalue weighted by molar-refractivity contribution is 5.90. The molecule has 1 fully saturated rings. The zero-order valence-electron chi connectivity index (χ0n) is 18.1. The molecule has 0 aromatic heterocycles. The molecule has 182 valence electrons. The van der Waals surface area contributed by atoms with E-state index < -0.39 is 37.3 Å². The first-order chi connectivity index (χ1) is 15.5. The van der Waals surface area contributed by atoms with Gasteiger partial charge in [0.05, 0.1) is 46.1 Å². The van der Waals surface area contributed by atoms with Gasteiger partial charge in [-0.15, -0.1) is 0 Å². The lowest BCUT2D eigenvalue weighted by atomic mass is 9.99. The summed E-state index contributed by atoms with van der Waals surface area (Å²) in [5, 5.41) is 41.6. The van der Waals surface area contributed by atoms with Crippen LogP contribution in [0.5, 0.6) is 5.75 Å². The Balaban J connectivity index is 1.67. The minimum absolute atomic E-state index is 0.183. The number of ether oxygens (including phenoxy) is 5. The van der Waals surface area contributed by atoms with Gasteiger partial charge in [0.1, 0.15) is 30.2 Å². The number of rotatable bonds is 14. The zero-order chi connectivity index (χ0) is 23.3. The summed E-state index contributed by atoms with van der Waals surface area (Å²) < 4.78 is 26.6. The monoisotopic (exact) mass is 459 g/mol. The fourth-order valence-corrected chi connectivity index (χ4v) is 2.89. The van der Waals surface area contributed by atoms with E-state index in [2.05, 4.69) is 5.32 Å². The summed E-state index contributed by atoms with van der Waals surface area (Å²) >= 11 is 0. The first-order valence-electron chi connectivity index (χ1n) is 10.6. The standard InChI is InChI=1S/C21H33NO10/c1-2-28-9-10-30-12-11-29-8-7-17(24)22-14-3-5-15(6-4-14)31-21-20(27)19(26)18(25)16(13-23)32-21/h3-6,16,18-21,23,25-27H,2,7-13H2,1H3,(H,22,24)/t16?,18-,19+,20?,21+/m1/s1. The fourth-order valence-electron chi connectivity index (χ4n) is 2.89. The highest BCUT2D eigenvalue weighted by Gasteiger charge is 2.44. The largest absolute Gasteiger partial charge is 0.462 e. The van der Waals surface area contributed by atoms with E-state index in [1.165, 1.54) is 0 Å². The molecule has 0 saturated carbocycles. The molecule has 1 amide bonds. The molecule has 1 aliphatic rings. The van der Waals surface area contributed by atoms with Crippen LogP contribution in [0.2, 0.25) is 0 Å². The van der Waals surface area contributed by atoms with Crippen molar-refractivity contribution < 1.29 is 48.9 Å². The molecule has 0 radical (unpaired) electrons. The maximum atomic E-state index is 12.0. The average molecular weight is 459 g/mol. The van der Waals surface area contributed by atoms with Gasteiger partial charge in [-0.25, -0.2) is 0 Å². The van der Waals surface area contributed by atoms with Crippen LogP contribution in [0.3, 0.4) is 0 Å². The highest BCUT2D eigenvalue weighted by atomic mass is 16.7. The molecule has 1 heterocycles. The van der Waals surface area contributed by atoms with E-state index in [4.69, 9.17) is 23.7 Å². The van der Waals surface area contributed by atoms with Crippen LogP contribution in [-0.4, -0.2) is 103 Å². The Bertz CT molecular complexity index is 656. The van der Waals surface area contributed by atoms with Crippen LogP contribution in [-0.2, 0) is 23.7 Å². The predicted octanol–water partition coefficient (Wildman–Crippen LogP) is -0.736. The van der Waals surface area contributed by atoms with Crippen molar-refractivity contribution in [2.45, 2.75) is 44.1 Å². The van der Waals surface area contributed by atoms with Gasteiger partial charge in [-0.2, -0.15) is 0 Å². The summed E-state index contributed by atoms with van der Waals surface area (Å²) in [4.78, 5) is 12.0. The van der Waals surface area contributed by atoms with Crippen LogP contribution in [0.15, 0.2) is 24.3 Å². The second kappa shape index (κ2) is 14.3. The van der Waals surface area contributed by atoms with E-state index in [1.54, 1.807) is 24.3 Å². The van der Waals surface area contributed by atoms with Gasteiger partial charge < -0.3 is 49.4 Å². The van der Waals surface area contributed by atoms with Crippen molar-refractivity contribution in [1.82, 2.24) is 0 Å². The lowest BCUT2D eigenvalue weighted by Gasteiger charge is -2.39. The Morgan fingerprint density at radius 1 is 0.938 bits per heavy atom. The Labute approximate surface area is 186 Å². The minimum Gasteiger partial charge on any atom is -0.462 e. The number of carbonyl (C=O) groups is 1. The van der Waals surface area contributed by atoms with E-state index in [1.807, 2.05) is 6.92 Å². The number of benzene rings is 1. The summed E-state index contributed by atoms with van der Waals surface area (Å²) in [7, 11) is 0. The number of anilines is 1. The van der Waals surface area contributed by atoms with Gasteiger partial charge >= 0.3 is 0 Å². The molecule has 5 atom stereocenters. The maximum absolute atomic E-state index is 12.0. The fraction of sp³-hybridized carbons (Fsp3) is 0.667. The molecule has 0 bridgehead atoms. The third-order valence-electron chi connectivity index (χ3n) is 4.66. The van der Waals surface area contributed by atoms with E-state index in [0.29, 0.717) is 44.5 Å². The molecular weight excluding hydrogens is 426 g/mol. The third-order valence-corrected chi connectivity index (χ3v) is 4.66. The van der Waals surface area contributed by atoms with Gasteiger partial charge in [0.15, 0.2) is 0 Å². The Hall–Kier alpha value is -1.83. The van der Waals surface area contributed by atoms with Crippen LogP contribution in [0.25, 0.3) is 0 Å². The molecule has 11 heteroatoms. The molecule has 1 aromatic rings. The third kappa shape index (κ3) is 8.60. The molecule has 5 N–H and O–H groups in total. The van der Waals surface area contributed by atoms with Gasteiger partial charge in [-0.05, 0) is 31.2 Å². The first-order valence-corrected chi connectivity index (χ1v) is 10.6. The number of aliphatic hydroxyl groups is 4. The molecule has 32 heavy (non-hydrogen) atoms. The molecule has 1 aromatic carbocycles. The van der Waals surface area contributed by atoms with Crippen molar-refractivity contribution in [2.24, 2.45) is 0 Å². The van der Waals surface area contributed by atoms with Crippen LogP contribution in [0.4, 0.5) is 5.69 Å². The summed E-state index contributed by atoms with van der Waals surface area (Å²) in [6.45, 7) is 4.18. The number of hydrogen-bond acceptors (Lipinski definition) is 10. The lowest BCUT2D eigenvalue weighted by molar-refractivity contribution is -0.277. The SMILES string of the molecule is CCOCCOCCOCCC(=O)Nc1ccc(O[C@H]2OC(CO)[C@@H](O)[C@H](O)C2O)cc1. The Morgan fingerprint density at radius 3 is 2.19 bits per heavy atom. The van der Waals surface area contributed by atoms with Gasteiger partial charge in [0, 0.05) is 12.3 Å². The number of nitrogens with one attached hydrogen (secondary N) is 1. The molecule has 0 aliphatic carbocycles. The van der Waals surface area contributed by atoms with Gasteiger partial charge in [-0.1, -0.05) is 0 Å². The highest BCUT2D eigenvalue weighted by Crippen LogP contribution is 2.25. The smallest absolute Gasteiger partial charge is 0.229 e. The van der Waals surface area contributed by atoms with E-state index in [-0.39, 0.29) is 18.9 Å². The van der Waals surface area contributed by atoms with Gasteiger partial charge in [-0.3, -0.25) is 4.79 Å². The van der Waals surface area contributed by atoms with Crippen molar-refractivity contribution in [3.8, 4) is 5.75 Å². The molecule has 0 spiro atoms. The normalized spacial score (nSPS) is 25.5. The maximum Gasteiger partial charge on any atom is 0.229 e. The van der Waals surface area contributed by atoms with E-state index in [0.717, 1.165) is 0 Å². The summed E-state index contributed by atoms with van der Waals surface area (Å²) in [5.41, 5.74) is 0.537. The number of hydrogen-bond donors (Lipinski definition) is 5. The molecule has 2 unspecified atom stereocenters. The lowest BCUT2D eigenvalue weighted by Crippen LogP contribution is -2.60. The van der Waals surface area contributed by atoms with E-state index >= 15 is 0 Å². The molecular formula is C21H33NO10. The van der Waals surface area contributed by atoms with Crippen molar-refractivity contribution in [3.63, 3.8) is 0 Å². The minimum atomic E-state index is -1.52. The van der Waals surface area contributed by atoms with E-state index in [9.17, 15) is 25.2 Å². The summed E-state index contributed by atoms with van der Waals surface area (Å²) in [5.74, 6) is 0.0878. The summed E-state index contributed by atoms with van der Waals surface area (Å²) in [6, 6.07) is 6.30. The van der Waals surface area contributed by atoms with Crippen LogP contribution < -0.4 is 10.1 Å². The van der Waals surface area contributed by atoms with Crippen LogP contribution in [0, 0.1) is 0 Å². The topological polar surface area (TPSA) is 156 Å². The average Bonchev–Trinajstić information content (AvgIpc) is 2.79. The second-order valence-electron chi connectivity index (χ2n) is 7.06. The van der Waals surface area contributed by atoms with Gasteiger partial charge in [0.2, 0.25) is 12.2 Å². The van der Waals surface area contributed by atoms with Crippen LogP contribution in [0.1, 0.15) is 13.3 Å². The Kier molecular flexibility index (Phi) is 11.8. The van der Waals surface area contributed by atoms with Crippen molar-refractivity contribution in [3.05, 3.63) is 24.3 Å². The Morgan fingerprint density at radius 2 is 1.56 bits per heavy atom. The molecule has 2 rings (SSSR count). The molecule has 1 aliphatic heterocycles. The quantitative estimate of drug-likeness (QED) is 0.225. The van der Waals surface area contributed by atoms with Gasteiger partial charge in [0.25, 0.3) is 0 Å². The van der Waals surface area contributed by atoms with Crippen molar-refractivity contribution in [1.29, 1.82) is 0 Å². The first kappa shape index (κ1) is 26.4. The zero-order valence-corrected chi connectivity index (χ0v) is 18.1. The number of amides is 1. The number of carbonyl (C=O) groups excluding carboxylic acids is 1.